The molecule has 4 aromatic heterocycles. The van der Waals surface area contributed by atoms with E-state index < -0.39 is 0 Å². The minimum atomic E-state index is 0.130. The summed E-state index contributed by atoms with van der Waals surface area (Å²) in [4.78, 5) is 0. The van der Waals surface area contributed by atoms with Gasteiger partial charge in [-0.05, 0) is 76.0 Å². The summed E-state index contributed by atoms with van der Waals surface area (Å²) >= 11 is 0. The van der Waals surface area contributed by atoms with Crippen LogP contribution in [0.3, 0.4) is 0 Å². The quantitative estimate of drug-likeness (QED) is 0.222. The van der Waals surface area contributed by atoms with Crippen molar-refractivity contribution >= 4 is 0 Å². The van der Waals surface area contributed by atoms with Gasteiger partial charge in [-0.25, -0.2) is 18.3 Å². The van der Waals surface area contributed by atoms with Crippen molar-refractivity contribution in [1.82, 2.24) is 0 Å². The van der Waals surface area contributed by atoms with Crippen molar-refractivity contribution in [3.63, 3.8) is 0 Å². The molecule has 5 heteroatoms. The van der Waals surface area contributed by atoms with Gasteiger partial charge < -0.3 is 4.74 Å². The number of hydrogen-bond acceptors (Lipinski definition) is 1. The smallest absolute Gasteiger partial charge is 0.173 e. The molecule has 2 saturated heterocycles. The molecular formula is C43H42N4O+4. The second kappa shape index (κ2) is 9.26. The summed E-state index contributed by atoms with van der Waals surface area (Å²) in [6.45, 7) is 3.85. The van der Waals surface area contributed by atoms with E-state index in [1.54, 1.807) is 0 Å². The Hall–Kier alpha value is -4.22. The highest BCUT2D eigenvalue weighted by Gasteiger charge is 2.96. The van der Waals surface area contributed by atoms with E-state index in [1.807, 2.05) is 0 Å². The predicted molar refractivity (Wildman–Crippen MR) is 177 cm³/mol. The monoisotopic (exact) mass is 630 g/mol. The summed E-state index contributed by atoms with van der Waals surface area (Å²) in [5, 5.41) is 0. The van der Waals surface area contributed by atoms with E-state index in [1.165, 1.54) is 52.6 Å². The minimum absolute atomic E-state index is 0.130. The SMILES string of the molecule is c1cc2ccc1C[n+]1ccc(cc1)-c1cc[n+](cc1)CC[C@@]13O[C@]4(CC[n+]5ccc(cc5)-c5cc[n+](cc5)C2)[C@@H]2[C@@H]5C[C@@H]([C@@H]6[C@H]5[C@H]4[C@@H]61)[C@@H]23. The number of aryl methyl sites for hydroxylation is 2. The second-order valence-corrected chi connectivity index (χ2v) is 16.3. The van der Waals surface area contributed by atoms with Crippen molar-refractivity contribution < 1.29 is 23.0 Å². The van der Waals surface area contributed by atoms with Gasteiger partial charge in [-0.15, -0.1) is 0 Å². The van der Waals surface area contributed by atoms with Crippen LogP contribution < -0.4 is 18.3 Å². The first-order chi connectivity index (χ1) is 23.7. The average molecular weight is 631 g/mol. The van der Waals surface area contributed by atoms with Crippen LogP contribution >= 0.6 is 0 Å². The number of aromatic nitrogens is 4. The third-order valence-corrected chi connectivity index (χ3v) is 14.6. The molecule has 5 aromatic rings. The minimum Gasteiger partial charge on any atom is -0.367 e. The molecule has 7 fully saturated rings. The Morgan fingerprint density at radius 2 is 0.792 bits per heavy atom. The van der Waals surface area contributed by atoms with Crippen LogP contribution in [0.2, 0.25) is 0 Å². The molecule has 21 aliphatic rings. The number of rotatable bonds is 0. The lowest BCUT2D eigenvalue weighted by Crippen LogP contribution is -2.53. The first kappa shape index (κ1) is 26.7. The standard InChI is InChI=1S/C43H42N4O/c1-2-29-4-3-28(1)26-46-19-9-32(10-20-46)30-5-15-44(16-6-30)23-13-42-38-34-25-35-37-36(34)40(42)41(37)43(48-42,39(35)38)14-24-45-17-7-31(8-18-45)33-11-21-47(27-29)22-12-33/h1-12,15-22,34-41H,13-14,23-27H2/q+4/t34-,35+,36+,37-,38-,39+,40+,41-,42-,43+. The van der Waals surface area contributed by atoms with Crippen LogP contribution in [0.15, 0.2) is 122 Å². The maximum absolute atomic E-state index is 7.62. The Morgan fingerprint density at radius 3 is 1.17 bits per heavy atom. The van der Waals surface area contributed by atoms with Crippen molar-refractivity contribution in [2.45, 2.75) is 56.6 Å². The highest BCUT2D eigenvalue weighted by atomic mass is 16.5. The lowest BCUT2D eigenvalue weighted by atomic mass is 9.54. The van der Waals surface area contributed by atoms with Crippen molar-refractivity contribution in [2.24, 2.45) is 47.3 Å². The van der Waals surface area contributed by atoms with E-state index in [9.17, 15) is 0 Å². The molecule has 5 aliphatic carbocycles. The van der Waals surface area contributed by atoms with Gasteiger partial charge in [0.2, 0.25) is 0 Å². The van der Waals surface area contributed by atoms with Crippen LogP contribution in [0.4, 0.5) is 0 Å². The molecule has 26 rings (SSSR count). The second-order valence-electron chi connectivity index (χ2n) is 16.3. The normalized spacial score (nSPS) is 37.1. The highest BCUT2D eigenvalue weighted by Crippen LogP contribution is 2.93. The van der Waals surface area contributed by atoms with E-state index in [2.05, 4.69) is 141 Å². The molecule has 236 valence electrons. The van der Waals surface area contributed by atoms with Crippen LogP contribution in [0.25, 0.3) is 22.3 Å². The summed E-state index contributed by atoms with van der Waals surface area (Å²) < 4.78 is 17.0. The van der Waals surface area contributed by atoms with E-state index in [0.717, 1.165) is 73.5 Å². The summed E-state index contributed by atoms with van der Waals surface area (Å²) in [6, 6.07) is 27.3. The number of hydrogen-bond donors (Lipinski definition) is 0. The lowest BCUT2D eigenvalue weighted by Gasteiger charge is -2.47. The number of nitrogens with zero attached hydrogens (tertiary/aromatic N) is 4. The fourth-order valence-corrected chi connectivity index (χ4v) is 13.2. The molecule has 5 saturated carbocycles. The van der Waals surface area contributed by atoms with E-state index in [4.69, 9.17) is 4.74 Å². The zero-order chi connectivity index (χ0) is 31.2. The fourth-order valence-electron chi connectivity index (χ4n) is 13.2. The maximum atomic E-state index is 7.62. The van der Waals surface area contributed by atoms with Gasteiger partial charge >= 0.3 is 0 Å². The van der Waals surface area contributed by atoms with Gasteiger partial charge in [0, 0.05) is 72.5 Å². The molecule has 20 heterocycles. The van der Waals surface area contributed by atoms with Crippen LogP contribution in [-0.2, 0) is 30.9 Å². The predicted octanol–water partition coefficient (Wildman–Crippen LogP) is 4.96. The molecule has 0 radical (unpaired) electrons. The average Bonchev–Trinajstić information content (AvgIpc) is 3.82. The number of ether oxygens (including phenoxy) is 1. The van der Waals surface area contributed by atoms with Gasteiger partial charge in [-0.3, -0.25) is 0 Å². The Balaban J connectivity index is 0.883. The van der Waals surface area contributed by atoms with Crippen LogP contribution in [0.5, 0.6) is 0 Å². The Labute approximate surface area is 282 Å². The molecule has 5 nitrogen and oxygen atoms in total. The summed E-state index contributed by atoms with van der Waals surface area (Å²) in [7, 11) is 0. The molecule has 0 N–H and O–H groups in total. The molecule has 16 aliphatic heterocycles. The van der Waals surface area contributed by atoms with E-state index in [0.29, 0.717) is 0 Å². The van der Waals surface area contributed by atoms with Crippen LogP contribution in [0, 0.1) is 47.3 Å². The molecular weight excluding hydrogens is 589 g/mol. The molecule has 10 atom stereocenters. The molecule has 14 bridgehead atoms. The molecule has 2 spiro atoms. The Morgan fingerprint density at radius 1 is 0.438 bits per heavy atom. The molecule has 0 amide bonds. The van der Waals surface area contributed by atoms with Gasteiger partial charge in [0.25, 0.3) is 0 Å². The van der Waals surface area contributed by atoms with Gasteiger partial charge in [-0.2, -0.15) is 0 Å². The first-order valence-electron chi connectivity index (χ1n) is 18.4. The largest absolute Gasteiger partial charge is 0.367 e. The van der Waals surface area contributed by atoms with E-state index in [-0.39, 0.29) is 11.2 Å². The third-order valence-electron chi connectivity index (χ3n) is 14.6. The van der Waals surface area contributed by atoms with Gasteiger partial charge in [0.1, 0.15) is 0 Å². The maximum Gasteiger partial charge on any atom is 0.173 e. The summed E-state index contributed by atoms with van der Waals surface area (Å²) in [5.41, 5.74) is 7.98. The van der Waals surface area contributed by atoms with Crippen molar-refractivity contribution in [3.8, 4) is 22.3 Å². The van der Waals surface area contributed by atoms with Crippen LogP contribution in [0.1, 0.15) is 30.4 Å². The molecule has 0 unspecified atom stereocenters. The Kier molecular flexibility index (Phi) is 5.15. The van der Waals surface area contributed by atoms with Crippen molar-refractivity contribution in [1.29, 1.82) is 0 Å². The number of pyridine rings is 4. The fraction of sp³-hybridized carbons (Fsp3) is 0.395. The van der Waals surface area contributed by atoms with Gasteiger partial charge in [0.05, 0.1) is 11.2 Å². The van der Waals surface area contributed by atoms with Crippen LogP contribution in [-0.4, -0.2) is 11.2 Å². The van der Waals surface area contributed by atoms with Gasteiger partial charge in [-0.1, -0.05) is 24.3 Å². The van der Waals surface area contributed by atoms with Crippen molar-refractivity contribution in [2.75, 3.05) is 0 Å². The summed E-state index contributed by atoms with van der Waals surface area (Å²) in [5.74, 6) is 7.13. The zero-order valence-corrected chi connectivity index (χ0v) is 27.3. The molecule has 1 aromatic carbocycles. The highest BCUT2D eigenvalue weighted by molar-refractivity contribution is 5.61. The number of benzene rings is 1. The van der Waals surface area contributed by atoms with E-state index >= 15 is 0 Å². The summed E-state index contributed by atoms with van der Waals surface area (Å²) in [6.07, 6.45) is 21.9. The first-order valence-corrected chi connectivity index (χ1v) is 18.4. The lowest BCUT2D eigenvalue weighted by molar-refractivity contribution is -0.700. The van der Waals surface area contributed by atoms with Crippen molar-refractivity contribution in [3.05, 3.63) is 133 Å². The Bertz CT molecular complexity index is 1920. The zero-order valence-electron chi connectivity index (χ0n) is 27.3. The van der Waals surface area contributed by atoms with Gasteiger partial charge in [0.15, 0.2) is 75.8 Å². The topological polar surface area (TPSA) is 24.8 Å². The third kappa shape index (κ3) is 3.36. The molecule has 48 heavy (non-hydrogen) atoms.